The third-order valence-corrected chi connectivity index (χ3v) is 3.95. The van der Waals surface area contributed by atoms with Crippen LogP contribution in [0.4, 0.5) is 0 Å². The van der Waals surface area contributed by atoms with Gasteiger partial charge in [-0.3, -0.25) is 23.5 Å². The van der Waals surface area contributed by atoms with Gasteiger partial charge in [-0.05, 0) is 12.8 Å². The molecule has 1 N–H and O–H groups in total. The summed E-state index contributed by atoms with van der Waals surface area (Å²) in [5.41, 5.74) is -0.943. The van der Waals surface area contributed by atoms with Crippen LogP contribution in [-0.2, 0) is 23.2 Å². The molecule has 0 aliphatic carbocycles. The predicted octanol–water partition coefficient (Wildman–Crippen LogP) is -0.934. The highest BCUT2D eigenvalue weighted by atomic mass is 16.2. The molecule has 0 aromatic carbocycles. The highest BCUT2D eigenvalue weighted by molar-refractivity contribution is 5.77. The molecule has 1 fully saturated rings. The first-order valence-electron chi connectivity index (χ1n) is 7.80. The van der Waals surface area contributed by atoms with Crippen LogP contribution < -0.4 is 16.6 Å². The van der Waals surface area contributed by atoms with Gasteiger partial charge in [-0.2, -0.15) is 0 Å². The highest BCUT2D eigenvalue weighted by Gasteiger charge is 2.16. The minimum atomic E-state index is -0.532. The van der Waals surface area contributed by atoms with Crippen molar-refractivity contribution in [1.82, 2.24) is 19.4 Å². The second kappa shape index (κ2) is 7.75. The molecule has 0 atom stereocenters. The molecule has 0 unspecified atom stereocenters. The van der Waals surface area contributed by atoms with Crippen molar-refractivity contribution >= 4 is 11.8 Å². The molecule has 23 heavy (non-hydrogen) atoms. The molecule has 2 amide bonds. The fourth-order valence-electron chi connectivity index (χ4n) is 2.55. The fraction of sp³-hybridized carbons (Fsp3) is 0.600. The van der Waals surface area contributed by atoms with Crippen molar-refractivity contribution < 1.29 is 9.59 Å². The first-order valence-corrected chi connectivity index (χ1v) is 7.80. The maximum absolute atomic E-state index is 11.9. The van der Waals surface area contributed by atoms with Crippen molar-refractivity contribution in [3.05, 3.63) is 33.1 Å². The molecule has 2 heterocycles. The largest absolute Gasteiger partial charge is 0.353 e. The van der Waals surface area contributed by atoms with E-state index in [4.69, 9.17) is 0 Å². The summed E-state index contributed by atoms with van der Waals surface area (Å²) < 4.78 is 2.12. The number of carbonyl (C=O) groups excluding carboxylic acids is 2. The summed E-state index contributed by atoms with van der Waals surface area (Å²) in [5.74, 6) is -0.195. The Morgan fingerprint density at radius 1 is 1.22 bits per heavy atom. The Hall–Kier alpha value is -2.38. The Bertz CT molecular complexity index is 691. The monoisotopic (exact) mass is 322 g/mol. The lowest BCUT2D eigenvalue weighted by Crippen LogP contribution is -2.42. The first kappa shape index (κ1) is 17.0. The first-order chi connectivity index (χ1) is 11.0. The van der Waals surface area contributed by atoms with Crippen molar-refractivity contribution in [2.75, 3.05) is 19.6 Å². The molecule has 8 heteroatoms. The molecular weight excluding hydrogens is 300 g/mol. The Balaban J connectivity index is 1.84. The van der Waals surface area contributed by atoms with Gasteiger partial charge in [-0.15, -0.1) is 0 Å². The summed E-state index contributed by atoms with van der Waals surface area (Å²) in [6.07, 6.45) is 4.86. The Kier molecular flexibility index (Phi) is 5.72. The average molecular weight is 322 g/mol. The smallest absolute Gasteiger partial charge is 0.331 e. The van der Waals surface area contributed by atoms with E-state index >= 15 is 0 Å². The number of carbonyl (C=O) groups is 2. The van der Waals surface area contributed by atoms with Gasteiger partial charge in [0.25, 0.3) is 5.56 Å². The number of nitrogens with zero attached hydrogens (tertiary/aromatic N) is 3. The Morgan fingerprint density at radius 3 is 2.78 bits per heavy atom. The highest BCUT2D eigenvalue weighted by Crippen LogP contribution is 2.10. The molecule has 1 aromatic rings. The lowest BCUT2D eigenvalue weighted by atomic mass is 10.2. The van der Waals surface area contributed by atoms with E-state index in [9.17, 15) is 19.2 Å². The standard InChI is InChI=1S/C15H22N4O4/c1-17-13(21)6-9-19(15(17)23)11-12(20)16-7-10-18-8-4-2-3-5-14(18)22/h6,9H,2-5,7-8,10-11H2,1H3,(H,16,20). The van der Waals surface area contributed by atoms with Crippen molar-refractivity contribution in [2.24, 2.45) is 7.05 Å². The molecular formula is C15H22N4O4. The molecule has 1 aliphatic rings. The molecule has 1 aliphatic heterocycles. The summed E-state index contributed by atoms with van der Waals surface area (Å²) in [5, 5.41) is 2.70. The molecule has 1 saturated heterocycles. The second-order valence-corrected chi connectivity index (χ2v) is 5.66. The van der Waals surface area contributed by atoms with E-state index < -0.39 is 11.2 Å². The molecule has 0 saturated carbocycles. The fourth-order valence-corrected chi connectivity index (χ4v) is 2.55. The lowest BCUT2D eigenvalue weighted by molar-refractivity contribution is -0.131. The van der Waals surface area contributed by atoms with Crippen LogP contribution in [0.2, 0.25) is 0 Å². The van der Waals surface area contributed by atoms with Gasteiger partial charge in [0.15, 0.2) is 0 Å². The number of hydrogen-bond donors (Lipinski definition) is 1. The Morgan fingerprint density at radius 2 is 2.00 bits per heavy atom. The van der Waals surface area contributed by atoms with Crippen LogP contribution in [0.1, 0.15) is 25.7 Å². The van der Waals surface area contributed by atoms with Gasteiger partial charge in [0.2, 0.25) is 11.8 Å². The topological polar surface area (TPSA) is 93.4 Å². The van der Waals surface area contributed by atoms with Crippen molar-refractivity contribution in [1.29, 1.82) is 0 Å². The molecule has 0 spiro atoms. The van der Waals surface area contributed by atoms with E-state index in [-0.39, 0.29) is 18.4 Å². The quantitative estimate of drug-likeness (QED) is 0.757. The van der Waals surface area contributed by atoms with Gasteiger partial charge in [-0.25, -0.2) is 4.79 Å². The van der Waals surface area contributed by atoms with Crippen LogP contribution in [-0.4, -0.2) is 45.5 Å². The van der Waals surface area contributed by atoms with Gasteiger partial charge < -0.3 is 10.2 Å². The number of amides is 2. The van der Waals surface area contributed by atoms with Crippen molar-refractivity contribution in [3.8, 4) is 0 Å². The van der Waals surface area contributed by atoms with Crippen LogP contribution >= 0.6 is 0 Å². The van der Waals surface area contributed by atoms with Crippen molar-refractivity contribution in [2.45, 2.75) is 32.2 Å². The van der Waals surface area contributed by atoms with Crippen LogP contribution in [0.5, 0.6) is 0 Å². The molecule has 0 bridgehead atoms. The molecule has 0 radical (unpaired) electrons. The number of likely N-dealkylation sites (tertiary alicyclic amines) is 1. The van der Waals surface area contributed by atoms with Crippen LogP contribution in [0.3, 0.4) is 0 Å². The summed E-state index contributed by atoms with van der Waals surface area (Å²) in [6, 6.07) is 1.24. The zero-order valence-electron chi connectivity index (χ0n) is 13.3. The predicted molar refractivity (Wildman–Crippen MR) is 84.0 cm³/mol. The van der Waals surface area contributed by atoms with Gasteiger partial charge in [0, 0.05) is 45.4 Å². The van der Waals surface area contributed by atoms with E-state index in [1.807, 2.05) is 0 Å². The third-order valence-electron chi connectivity index (χ3n) is 3.95. The van der Waals surface area contributed by atoms with E-state index in [1.165, 1.54) is 23.9 Å². The minimum absolute atomic E-state index is 0.131. The van der Waals surface area contributed by atoms with Crippen LogP contribution in [0.15, 0.2) is 21.9 Å². The summed E-state index contributed by atoms with van der Waals surface area (Å²) in [4.78, 5) is 48.6. The maximum Gasteiger partial charge on any atom is 0.331 e. The minimum Gasteiger partial charge on any atom is -0.353 e. The van der Waals surface area contributed by atoms with E-state index in [0.29, 0.717) is 19.5 Å². The van der Waals surface area contributed by atoms with Gasteiger partial charge in [0.1, 0.15) is 6.54 Å². The molecule has 1 aromatic heterocycles. The number of aromatic nitrogens is 2. The summed E-state index contributed by atoms with van der Waals surface area (Å²) in [6.45, 7) is 1.41. The molecule has 126 valence electrons. The van der Waals surface area contributed by atoms with Gasteiger partial charge in [0.05, 0.1) is 0 Å². The van der Waals surface area contributed by atoms with Crippen molar-refractivity contribution in [3.63, 3.8) is 0 Å². The number of rotatable bonds is 5. The molecule has 8 nitrogen and oxygen atoms in total. The zero-order chi connectivity index (χ0) is 16.8. The molecule has 2 rings (SSSR count). The Labute approximate surface area is 133 Å². The summed E-state index contributed by atoms with van der Waals surface area (Å²) in [7, 11) is 1.37. The normalized spacial score (nSPS) is 15.3. The third kappa shape index (κ3) is 4.54. The van der Waals surface area contributed by atoms with Gasteiger partial charge in [-0.1, -0.05) is 6.42 Å². The lowest BCUT2D eigenvalue weighted by Gasteiger charge is -2.20. The van der Waals surface area contributed by atoms with Crippen LogP contribution in [0.25, 0.3) is 0 Å². The maximum atomic E-state index is 11.9. The average Bonchev–Trinajstić information content (AvgIpc) is 2.73. The summed E-state index contributed by atoms with van der Waals surface area (Å²) >= 11 is 0. The van der Waals surface area contributed by atoms with E-state index in [2.05, 4.69) is 5.32 Å². The second-order valence-electron chi connectivity index (χ2n) is 5.66. The van der Waals surface area contributed by atoms with E-state index in [0.717, 1.165) is 30.4 Å². The van der Waals surface area contributed by atoms with E-state index in [1.54, 1.807) is 4.90 Å². The van der Waals surface area contributed by atoms with Crippen LogP contribution in [0, 0.1) is 0 Å². The van der Waals surface area contributed by atoms with Gasteiger partial charge >= 0.3 is 5.69 Å². The zero-order valence-corrected chi connectivity index (χ0v) is 13.3. The number of hydrogen-bond acceptors (Lipinski definition) is 4. The number of nitrogens with one attached hydrogen (secondary N) is 1. The SMILES string of the molecule is Cn1c(=O)ccn(CC(=O)NCCN2CCCCCC2=O)c1=O.